The first-order valence-corrected chi connectivity index (χ1v) is 11.0. The van der Waals surface area contributed by atoms with Crippen LogP contribution in [0.5, 0.6) is 0 Å². The zero-order valence-electron chi connectivity index (χ0n) is 17.5. The maximum Gasteiger partial charge on any atom is 0.237 e. The monoisotopic (exact) mass is 399 g/mol. The Morgan fingerprint density at radius 2 is 1.63 bits per heavy atom. The molecule has 2 N–H and O–H groups in total. The van der Waals surface area contributed by atoms with Crippen LogP contribution in [0.3, 0.4) is 0 Å². The van der Waals surface area contributed by atoms with Gasteiger partial charge in [0.1, 0.15) is 0 Å². The molecule has 1 aliphatic carbocycles. The molecule has 3 aromatic rings. The molecule has 1 saturated heterocycles. The number of nitrogens with one attached hydrogen (secondary N) is 2. The summed E-state index contributed by atoms with van der Waals surface area (Å²) >= 11 is 0. The molecule has 4 nitrogen and oxygen atoms in total. The minimum Gasteiger partial charge on any atom is -0.358 e. The van der Waals surface area contributed by atoms with E-state index in [0.29, 0.717) is 12.1 Å². The van der Waals surface area contributed by atoms with Crippen molar-refractivity contribution in [1.82, 2.24) is 15.5 Å². The highest BCUT2D eigenvalue weighted by molar-refractivity contribution is 5.83. The van der Waals surface area contributed by atoms with Crippen LogP contribution >= 0.6 is 0 Å². The molecule has 0 spiro atoms. The first-order valence-electron chi connectivity index (χ1n) is 11.0. The van der Waals surface area contributed by atoms with E-state index in [1.165, 1.54) is 27.5 Å². The van der Waals surface area contributed by atoms with Crippen LogP contribution in [0.2, 0.25) is 0 Å². The average Bonchev–Trinajstić information content (AvgIpc) is 3.36. The van der Waals surface area contributed by atoms with E-state index in [0.717, 1.165) is 32.4 Å². The van der Waals surface area contributed by atoms with Crippen molar-refractivity contribution < 1.29 is 4.79 Å². The predicted molar refractivity (Wildman–Crippen MR) is 121 cm³/mol. The van der Waals surface area contributed by atoms with Crippen molar-refractivity contribution in [1.29, 1.82) is 0 Å². The summed E-state index contributed by atoms with van der Waals surface area (Å²) < 4.78 is 0. The van der Waals surface area contributed by atoms with Crippen LogP contribution in [0.15, 0.2) is 66.7 Å². The largest absolute Gasteiger partial charge is 0.358 e. The second-order valence-corrected chi connectivity index (χ2v) is 8.71. The zero-order valence-corrected chi connectivity index (χ0v) is 17.5. The third kappa shape index (κ3) is 3.85. The van der Waals surface area contributed by atoms with Gasteiger partial charge in [0.2, 0.25) is 5.91 Å². The lowest BCUT2D eigenvalue weighted by molar-refractivity contribution is -0.125. The quantitative estimate of drug-likeness (QED) is 0.692. The molecule has 0 radical (unpaired) electrons. The fourth-order valence-corrected chi connectivity index (χ4v) is 5.22. The minimum atomic E-state index is -0.0808. The topological polar surface area (TPSA) is 44.4 Å². The summed E-state index contributed by atoms with van der Waals surface area (Å²) in [6.45, 7) is 1.70. The smallest absolute Gasteiger partial charge is 0.237 e. The van der Waals surface area contributed by atoms with E-state index in [2.05, 4.69) is 82.3 Å². The highest BCUT2D eigenvalue weighted by atomic mass is 16.2. The number of carbonyl (C=O) groups is 1. The van der Waals surface area contributed by atoms with Crippen molar-refractivity contribution >= 4 is 16.7 Å². The highest BCUT2D eigenvalue weighted by Crippen LogP contribution is 2.26. The molecule has 2 atom stereocenters. The Morgan fingerprint density at radius 3 is 2.37 bits per heavy atom. The summed E-state index contributed by atoms with van der Waals surface area (Å²) in [6, 6.07) is 24.5. The summed E-state index contributed by atoms with van der Waals surface area (Å²) in [6.07, 6.45) is 3.03. The Hall–Kier alpha value is -2.69. The van der Waals surface area contributed by atoms with Gasteiger partial charge in [0, 0.05) is 32.2 Å². The number of likely N-dealkylation sites (N-methyl/N-ethyl adjacent to an activating group) is 1. The lowest BCUT2D eigenvalue weighted by Crippen LogP contribution is -2.41. The third-order valence-electron chi connectivity index (χ3n) is 6.67. The molecule has 3 aromatic carbocycles. The van der Waals surface area contributed by atoms with Crippen LogP contribution in [-0.2, 0) is 24.2 Å². The first-order chi connectivity index (χ1) is 14.7. The second kappa shape index (κ2) is 8.21. The van der Waals surface area contributed by atoms with Gasteiger partial charge in [-0.3, -0.25) is 9.69 Å². The standard InChI is InChI=1S/C26H29N3O/c1-27-26(30)25-15-24(28-23-13-21-8-4-5-9-22(21)14-23)17-29(25)16-18-10-11-19-6-2-3-7-20(19)12-18/h2-12,23-25,28H,13-17H2,1H3,(H,27,30)/t24-,25+/m1/s1. The molecule has 0 bridgehead atoms. The molecular weight excluding hydrogens is 370 g/mol. The Kier molecular flexibility index (Phi) is 5.28. The number of nitrogens with zero attached hydrogens (tertiary/aromatic N) is 1. The number of hydrogen-bond acceptors (Lipinski definition) is 3. The first kappa shape index (κ1) is 19.3. The fraction of sp³-hybridized carbons (Fsp3) is 0.346. The average molecular weight is 400 g/mol. The van der Waals surface area contributed by atoms with Crippen molar-refractivity contribution in [2.45, 2.75) is 43.9 Å². The van der Waals surface area contributed by atoms with Crippen LogP contribution in [0.25, 0.3) is 10.8 Å². The van der Waals surface area contributed by atoms with Crippen LogP contribution in [0.4, 0.5) is 0 Å². The minimum absolute atomic E-state index is 0.0808. The normalized spacial score (nSPS) is 21.8. The van der Waals surface area contributed by atoms with Crippen molar-refractivity contribution in [2.24, 2.45) is 0 Å². The number of rotatable bonds is 5. The number of likely N-dealkylation sites (tertiary alicyclic amines) is 1. The molecule has 2 aliphatic rings. The van der Waals surface area contributed by atoms with Gasteiger partial charge in [-0.05, 0) is 52.8 Å². The fourth-order valence-electron chi connectivity index (χ4n) is 5.22. The lowest BCUT2D eigenvalue weighted by atomic mass is 10.1. The third-order valence-corrected chi connectivity index (χ3v) is 6.67. The van der Waals surface area contributed by atoms with Crippen molar-refractivity contribution in [3.63, 3.8) is 0 Å². The van der Waals surface area contributed by atoms with Gasteiger partial charge < -0.3 is 10.6 Å². The van der Waals surface area contributed by atoms with E-state index < -0.39 is 0 Å². The maximum atomic E-state index is 12.6. The summed E-state index contributed by atoms with van der Waals surface area (Å²) in [5.41, 5.74) is 4.18. The lowest BCUT2D eigenvalue weighted by Gasteiger charge is -2.23. The van der Waals surface area contributed by atoms with Crippen LogP contribution in [-0.4, -0.2) is 42.5 Å². The number of carbonyl (C=O) groups excluding carboxylic acids is 1. The number of hydrogen-bond donors (Lipinski definition) is 2. The summed E-state index contributed by atoms with van der Waals surface area (Å²) in [5, 5.41) is 9.24. The van der Waals surface area contributed by atoms with Gasteiger partial charge in [0.05, 0.1) is 6.04 Å². The molecule has 0 unspecified atom stereocenters. The number of benzene rings is 3. The van der Waals surface area contributed by atoms with Crippen molar-refractivity contribution in [3.05, 3.63) is 83.4 Å². The molecule has 1 fully saturated rings. The van der Waals surface area contributed by atoms with E-state index in [4.69, 9.17) is 0 Å². The van der Waals surface area contributed by atoms with E-state index in [1.807, 2.05) is 0 Å². The molecule has 0 aromatic heterocycles. The number of fused-ring (bicyclic) bond motifs is 2. The Labute approximate surface area is 178 Å². The molecule has 1 aliphatic heterocycles. The van der Waals surface area contributed by atoms with Gasteiger partial charge in [-0.1, -0.05) is 60.7 Å². The molecule has 1 amide bonds. The molecule has 5 rings (SSSR count). The highest BCUT2D eigenvalue weighted by Gasteiger charge is 2.37. The van der Waals surface area contributed by atoms with Crippen molar-refractivity contribution in [3.8, 4) is 0 Å². The Bertz CT molecular complexity index is 1040. The van der Waals surface area contributed by atoms with Gasteiger partial charge in [-0.2, -0.15) is 0 Å². The van der Waals surface area contributed by atoms with Crippen LogP contribution in [0, 0.1) is 0 Å². The van der Waals surface area contributed by atoms with E-state index >= 15 is 0 Å². The molecular formula is C26H29N3O. The second-order valence-electron chi connectivity index (χ2n) is 8.71. The molecule has 0 saturated carbocycles. The molecule has 1 heterocycles. The van der Waals surface area contributed by atoms with Gasteiger partial charge in [-0.15, -0.1) is 0 Å². The zero-order chi connectivity index (χ0) is 20.5. The number of amides is 1. The van der Waals surface area contributed by atoms with Gasteiger partial charge >= 0.3 is 0 Å². The SMILES string of the molecule is CNC(=O)[C@@H]1C[C@@H](NC2Cc3ccccc3C2)CN1Cc1ccc2ccccc2c1. The molecule has 4 heteroatoms. The van der Waals surface area contributed by atoms with E-state index in [-0.39, 0.29) is 11.9 Å². The molecule has 154 valence electrons. The van der Waals surface area contributed by atoms with Crippen LogP contribution in [0.1, 0.15) is 23.1 Å². The summed E-state index contributed by atoms with van der Waals surface area (Å²) in [4.78, 5) is 14.9. The van der Waals surface area contributed by atoms with Crippen LogP contribution < -0.4 is 10.6 Å². The summed E-state index contributed by atoms with van der Waals surface area (Å²) in [5.74, 6) is 0.120. The van der Waals surface area contributed by atoms with E-state index in [9.17, 15) is 4.79 Å². The van der Waals surface area contributed by atoms with Gasteiger partial charge in [-0.25, -0.2) is 0 Å². The molecule has 30 heavy (non-hydrogen) atoms. The Morgan fingerprint density at radius 1 is 0.933 bits per heavy atom. The van der Waals surface area contributed by atoms with Gasteiger partial charge in [0.25, 0.3) is 0 Å². The summed E-state index contributed by atoms with van der Waals surface area (Å²) in [7, 11) is 1.74. The van der Waals surface area contributed by atoms with Gasteiger partial charge in [0.15, 0.2) is 0 Å². The van der Waals surface area contributed by atoms with Crippen molar-refractivity contribution in [2.75, 3.05) is 13.6 Å². The van der Waals surface area contributed by atoms with E-state index in [1.54, 1.807) is 7.05 Å². The maximum absolute atomic E-state index is 12.6. The Balaban J connectivity index is 1.29. The predicted octanol–water partition coefficient (Wildman–Crippen LogP) is 3.29.